The summed E-state index contributed by atoms with van der Waals surface area (Å²) in [5.41, 5.74) is 0. The van der Waals surface area contributed by atoms with Gasteiger partial charge in [0.2, 0.25) is 0 Å². The van der Waals surface area contributed by atoms with Gasteiger partial charge in [-0.2, -0.15) is 0 Å². The minimum Gasteiger partial charge on any atom is -0.465 e. The first kappa shape index (κ1) is 9.73. The van der Waals surface area contributed by atoms with E-state index >= 15 is 0 Å². The summed E-state index contributed by atoms with van der Waals surface area (Å²) in [5.74, 6) is 0. The van der Waals surface area contributed by atoms with Crippen molar-refractivity contribution < 1.29 is 9.90 Å². The van der Waals surface area contributed by atoms with Crippen LogP contribution in [0, 0.1) is 0 Å². The Balaban J connectivity index is 1.83. The highest BCUT2D eigenvalue weighted by molar-refractivity contribution is 5.66. The molecule has 0 radical (unpaired) electrons. The first-order chi connectivity index (χ1) is 6.68. The van der Waals surface area contributed by atoms with Gasteiger partial charge in [-0.3, -0.25) is 4.90 Å². The third-order valence-electron chi connectivity index (χ3n) is 3.15. The fourth-order valence-electron chi connectivity index (χ4n) is 2.22. The maximum atomic E-state index is 10.6. The summed E-state index contributed by atoms with van der Waals surface area (Å²) >= 11 is 0. The lowest BCUT2D eigenvalue weighted by molar-refractivity contribution is 0.00945. The molecule has 2 N–H and O–H groups in total. The molecule has 2 aliphatic heterocycles. The Labute approximate surface area is 83.7 Å². The second-order valence-corrected chi connectivity index (χ2v) is 4.13. The lowest BCUT2D eigenvalue weighted by atomic mass is 10.0. The number of nitrogens with one attached hydrogen (secondary N) is 1. The fraction of sp³-hybridized carbons (Fsp3) is 0.889. The van der Waals surface area contributed by atoms with Gasteiger partial charge in [-0.1, -0.05) is 0 Å². The number of amides is 1. The van der Waals surface area contributed by atoms with Crippen LogP contribution in [-0.2, 0) is 0 Å². The fourth-order valence-corrected chi connectivity index (χ4v) is 2.22. The van der Waals surface area contributed by atoms with Crippen molar-refractivity contribution in [1.82, 2.24) is 15.1 Å². The van der Waals surface area contributed by atoms with Crippen molar-refractivity contribution in [2.75, 3.05) is 32.7 Å². The van der Waals surface area contributed by atoms with Crippen LogP contribution in [0.5, 0.6) is 0 Å². The standard InChI is InChI=1S/C9H17N3O2/c1-7-4-10-2-3-12(7)8-5-11(6-8)9(13)14/h7-8,10H,2-6H2,1H3,(H,13,14). The molecule has 0 saturated carbocycles. The maximum absolute atomic E-state index is 10.6. The zero-order valence-electron chi connectivity index (χ0n) is 8.44. The Morgan fingerprint density at radius 1 is 1.50 bits per heavy atom. The molecular weight excluding hydrogens is 182 g/mol. The number of nitrogens with zero attached hydrogens (tertiary/aromatic N) is 2. The van der Waals surface area contributed by atoms with Crippen molar-refractivity contribution in [1.29, 1.82) is 0 Å². The Bertz CT molecular complexity index is 228. The predicted octanol–water partition coefficient (Wildman–Crippen LogP) is -0.358. The average molecular weight is 199 g/mol. The van der Waals surface area contributed by atoms with E-state index in [1.165, 1.54) is 4.90 Å². The van der Waals surface area contributed by atoms with Crippen LogP contribution in [0.2, 0.25) is 0 Å². The number of carbonyl (C=O) groups is 1. The number of carboxylic acid groups (broad SMARTS) is 1. The van der Waals surface area contributed by atoms with Gasteiger partial charge in [0, 0.05) is 44.8 Å². The largest absolute Gasteiger partial charge is 0.465 e. The molecule has 5 heteroatoms. The van der Waals surface area contributed by atoms with E-state index in [4.69, 9.17) is 5.11 Å². The van der Waals surface area contributed by atoms with Gasteiger partial charge < -0.3 is 15.3 Å². The monoisotopic (exact) mass is 199 g/mol. The van der Waals surface area contributed by atoms with Crippen LogP contribution < -0.4 is 5.32 Å². The average Bonchev–Trinajstić information content (AvgIpc) is 2.05. The van der Waals surface area contributed by atoms with Crippen molar-refractivity contribution in [3.63, 3.8) is 0 Å². The number of rotatable bonds is 1. The highest BCUT2D eigenvalue weighted by Gasteiger charge is 2.37. The molecule has 80 valence electrons. The molecule has 1 atom stereocenters. The van der Waals surface area contributed by atoms with Crippen molar-refractivity contribution in [3.8, 4) is 0 Å². The van der Waals surface area contributed by atoms with Crippen LogP contribution in [0.15, 0.2) is 0 Å². The molecule has 2 saturated heterocycles. The first-order valence-corrected chi connectivity index (χ1v) is 5.13. The molecule has 0 bridgehead atoms. The summed E-state index contributed by atoms with van der Waals surface area (Å²) in [6, 6.07) is 0.980. The molecule has 2 fully saturated rings. The lowest BCUT2D eigenvalue weighted by Gasteiger charge is -2.48. The summed E-state index contributed by atoms with van der Waals surface area (Å²) in [7, 11) is 0. The van der Waals surface area contributed by atoms with Gasteiger partial charge in [0.15, 0.2) is 0 Å². The van der Waals surface area contributed by atoms with Gasteiger partial charge in [0.05, 0.1) is 0 Å². The minimum absolute atomic E-state index is 0.447. The summed E-state index contributed by atoms with van der Waals surface area (Å²) in [6.45, 7) is 6.63. The molecule has 0 aromatic heterocycles. The van der Waals surface area contributed by atoms with Crippen LogP contribution in [0.1, 0.15) is 6.92 Å². The van der Waals surface area contributed by atoms with Gasteiger partial charge in [-0.25, -0.2) is 4.79 Å². The third-order valence-corrected chi connectivity index (χ3v) is 3.15. The van der Waals surface area contributed by atoms with Crippen LogP contribution in [0.3, 0.4) is 0 Å². The first-order valence-electron chi connectivity index (χ1n) is 5.13. The van der Waals surface area contributed by atoms with Crippen LogP contribution >= 0.6 is 0 Å². The molecule has 1 unspecified atom stereocenters. The van der Waals surface area contributed by atoms with Gasteiger partial charge in [0.1, 0.15) is 0 Å². The maximum Gasteiger partial charge on any atom is 0.407 e. The molecule has 0 aromatic rings. The highest BCUT2D eigenvalue weighted by Crippen LogP contribution is 2.18. The minimum atomic E-state index is -0.788. The summed E-state index contributed by atoms with van der Waals surface area (Å²) in [4.78, 5) is 14.5. The lowest BCUT2D eigenvalue weighted by Crippen LogP contribution is -2.66. The smallest absolute Gasteiger partial charge is 0.407 e. The SMILES string of the molecule is CC1CNCCN1C1CN(C(=O)O)C1. The molecule has 2 aliphatic rings. The zero-order valence-corrected chi connectivity index (χ0v) is 8.44. The third kappa shape index (κ3) is 1.69. The van der Waals surface area contributed by atoms with E-state index in [9.17, 15) is 4.79 Å². The van der Waals surface area contributed by atoms with E-state index < -0.39 is 6.09 Å². The van der Waals surface area contributed by atoms with Gasteiger partial charge in [-0.05, 0) is 6.92 Å². The molecule has 0 aromatic carbocycles. The predicted molar refractivity (Wildman–Crippen MR) is 52.4 cm³/mol. The van der Waals surface area contributed by atoms with E-state index in [1.807, 2.05) is 0 Å². The Morgan fingerprint density at radius 2 is 2.21 bits per heavy atom. The normalized spacial score (nSPS) is 30.1. The van der Waals surface area contributed by atoms with Gasteiger partial charge in [0.25, 0.3) is 0 Å². The highest BCUT2D eigenvalue weighted by atomic mass is 16.4. The summed E-state index contributed by atoms with van der Waals surface area (Å²) in [6.07, 6.45) is -0.788. The van der Waals surface area contributed by atoms with Gasteiger partial charge in [-0.15, -0.1) is 0 Å². The molecule has 14 heavy (non-hydrogen) atoms. The van der Waals surface area contributed by atoms with Crippen molar-refractivity contribution in [3.05, 3.63) is 0 Å². The van der Waals surface area contributed by atoms with Crippen LogP contribution in [-0.4, -0.2) is 65.8 Å². The topological polar surface area (TPSA) is 55.8 Å². The van der Waals surface area contributed by atoms with E-state index in [2.05, 4.69) is 17.1 Å². The van der Waals surface area contributed by atoms with Crippen molar-refractivity contribution in [2.24, 2.45) is 0 Å². The summed E-state index contributed by atoms with van der Waals surface area (Å²) < 4.78 is 0. The van der Waals surface area contributed by atoms with E-state index in [0.29, 0.717) is 25.2 Å². The molecule has 1 amide bonds. The second-order valence-electron chi connectivity index (χ2n) is 4.13. The zero-order chi connectivity index (χ0) is 10.1. The Hall–Kier alpha value is -0.810. The molecular formula is C9H17N3O2. The second kappa shape index (κ2) is 3.74. The molecule has 5 nitrogen and oxygen atoms in total. The molecule has 2 heterocycles. The molecule has 0 spiro atoms. The quantitative estimate of drug-likeness (QED) is 0.605. The Morgan fingerprint density at radius 3 is 2.79 bits per heavy atom. The molecule has 2 rings (SSSR count). The van der Waals surface area contributed by atoms with E-state index in [0.717, 1.165) is 19.6 Å². The van der Waals surface area contributed by atoms with E-state index in [1.54, 1.807) is 0 Å². The van der Waals surface area contributed by atoms with Crippen LogP contribution in [0.4, 0.5) is 4.79 Å². The van der Waals surface area contributed by atoms with Gasteiger partial charge >= 0.3 is 6.09 Å². The van der Waals surface area contributed by atoms with Crippen LogP contribution in [0.25, 0.3) is 0 Å². The Kier molecular flexibility index (Phi) is 2.60. The number of hydrogen-bond donors (Lipinski definition) is 2. The summed E-state index contributed by atoms with van der Waals surface area (Å²) in [5, 5.41) is 12.0. The number of likely N-dealkylation sites (tertiary alicyclic amines) is 1. The number of hydrogen-bond acceptors (Lipinski definition) is 3. The number of piperazine rings is 1. The van der Waals surface area contributed by atoms with E-state index in [-0.39, 0.29) is 0 Å². The molecule has 0 aliphatic carbocycles. The van der Waals surface area contributed by atoms with Crippen molar-refractivity contribution in [2.45, 2.75) is 19.0 Å². The van der Waals surface area contributed by atoms with Crippen molar-refractivity contribution >= 4 is 6.09 Å².